The molecular weight excluding hydrogens is 604 g/mol. The number of unbranched alkanes of at least 4 members (excludes halogenated alkanes) is 19. The first-order valence-electron chi connectivity index (χ1n) is 20.2. The Morgan fingerprint density at radius 1 is 0.458 bits per heavy atom. The average Bonchev–Trinajstić information content (AvgIpc) is 3.02. The summed E-state index contributed by atoms with van der Waals surface area (Å²) in [6.45, 7) is 7.64. The highest BCUT2D eigenvalue weighted by atomic mass is 16.5. The molecule has 2 N–H and O–H groups in total. The summed E-state index contributed by atoms with van der Waals surface area (Å²) in [4.78, 5) is 24.3. The fourth-order valence-corrected chi connectivity index (χ4v) is 6.54. The number of aliphatic hydroxyl groups excluding tert-OH is 2. The molecule has 286 valence electrons. The summed E-state index contributed by atoms with van der Waals surface area (Å²) in [5.41, 5.74) is 0. The molecule has 8 heteroatoms. The van der Waals surface area contributed by atoms with Gasteiger partial charge in [0.05, 0.1) is 41.3 Å². The van der Waals surface area contributed by atoms with Crippen molar-refractivity contribution in [3.05, 3.63) is 0 Å². The van der Waals surface area contributed by atoms with Gasteiger partial charge in [0.15, 0.2) is 0 Å². The fourth-order valence-electron chi connectivity index (χ4n) is 6.54. The molecule has 8 nitrogen and oxygen atoms in total. The Bertz CT molecular complexity index is 698. The molecule has 0 saturated heterocycles. The SMILES string of the molecule is CCCCCCCCCCCC[N+](C)(C)CC(O)COC(=O)CCCCC(=O)OCC(O)C[N+](C)(C)CCCCCCCCCCCC. The van der Waals surface area contributed by atoms with Gasteiger partial charge >= 0.3 is 11.9 Å². The third kappa shape index (κ3) is 32.0. The van der Waals surface area contributed by atoms with Crippen molar-refractivity contribution in [3.8, 4) is 0 Å². The van der Waals surface area contributed by atoms with Crippen LogP contribution in [0.5, 0.6) is 0 Å². The van der Waals surface area contributed by atoms with Crippen LogP contribution in [0.15, 0.2) is 0 Å². The van der Waals surface area contributed by atoms with Crippen molar-refractivity contribution >= 4 is 11.9 Å². The van der Waals surface area contributed by atoms with E-state index in [4.69, 9.17) is 9.47 Å². The predicted octanol–water partition coefficient (Wildman–Crippen LogP) is 8.35. The third-order valence-corrected chi connectivity index (χ3v) is 9.53. The van der Waals surface area contributed by atoms with Gasteiger partial charge in [-0.2, -0.15) is 0 Å². The second-order valence-electron chi connectivity index (χ2n) is 15.9. The van der Waals surface area contributed by atoms with E-state index in [1.165, 1.54) is 116 Å². The lowest BCUT2D eigenvalue weighted by Crippen LogP contribution is -2.47. The van der Waals surface area contributed by atoms with E-state index in [0.717, 1.165) is 25.9 Å². The zero-order chi connectivity index (χ0) is 35.9. The molecule has 0 saturated carbocycles. The van der Waals surface area contributed by atoms with Gasteiger partial charge in [0.1, 0.15) is 38.5 Å². The molecule has 0 rings (SSSR count). The number of hydrogen-bond donors (Lipinski definition) is 2. The Labute approximate surface area is 297 Å². The molecule has 0 aromatic rings. The van der Waals surface area contributed by atoms with E-state index in [1.54, 1.807) is 0 Å². The molecule has 0 heterocycles. The molecule has 0 aromatic heterocycles. The Balaban J connectivity index is 3.85. The smallest absolute Gasteiger partial charge is 0.305 e. The summed E-state index contributed by atoms with van der Waals surface area (Å²) in [6, 6.07) is 0. The van der Waals surface area contributed by atoms with Gasteiger partial charge in [0, 0.05) is 12.8 Å². The Hall–Kier alpha value is -1.22. The first-order valence-corrected chi connectivity index (χ1v) is 20.2. The van der Waals surface area contributed by atoms with Crippen LogP contribution in [0.1, 0.15) is 168 Å². The van der Waals surface area contributed by atoms with E-state index in [0.29, 0.717) is 34.9 Å². The number of aliphatic hydroxyl groups is 2. The highest BCUT2D eigenvalue weighted by Crippen LogP contribution is 2.14. The standard InChI is InChI=1S/C40H82N2O6/c1-7-9-11-13-15-17-19-21-23-27-31-41(3,4)33-37(43)35-47-39(45)29-25-26-30-40(46)48-36-38(44)34-42(5,6)32-28-24-22-20-18-16-14-12-10-8-2/h37-38,43-44H,7-36H2,1-6H3/q+2. The molecule has 0 radical (unpaired) electrons. The van der Waals surface area contributed by atoms with Gasteiger partial charge in [-0.05, 0) is 38.5 Å². The highest BCUT2D eigenvalue weighted by Gasteiger charge is 2.23. The molecule has 2 atom stereocenters. The highest BCUT2D eigenvalue weighted by molar-refractivity contribution is 5.70. The number of ether oxygens (including phenoxy) is 2. The maximum Gasteiger partial charge on any atom is 0.305 e. The second kappa shape index (κ2) is 30.6. The summed E-state index contributed by atoms with van der Waals surface area (Å²) < 4.78 is 12.0. The van der Waals surface area contributed by atoms with Crippen molar-refractivity contribution in [3.63, 3.8) is 0 Å². The fraction of sp³-hybridized carbons (Fsp3) is 0.950. The summed E-state index contributed by atoms with van der Waals surface area (Å²) in [5.74, 6) is -0.694. The van der Waals surface area contributed by atoms with Gasteiger partial charge < -0.3 is 28.7 Å². The van der Waals surface area contributed by atoms with E-state index < -0.39 is 12.2 Å². The minimum atomic E-state index is -0.688. The van der Waals surface area contributed by atoms with Gasteiger partial charge in [-0.3, -0.25) is 9.59 Å². The number of likely N-dealkylation sites (N-methyl/N-ethyl adjacent to an activating group) is 2. The van der Waals surface area contributed by atoms with Crippen molar-refractivity contribution in [2.45, 2.75) is 180 Å². The van der Waals surface area contributed by atoms with Crippen LogP contribution in [-0.2, 0) is 19.1 Å². The quantitative estimate of drug-likeness (QED) is 0.0396. The van der Waals surface area contributed by atoms with Gasteiger partial charge in [0.25, 0.3) is 0 Å². The van der Waals surface area contributed by atoms with Crippen LogP contribution in [0, 0.1) is 0 Å². The number of carbonyl (C=O) groups excluding carboxylic acids is 2. The lowest BCUT2D eigenvalue weighted by molar-refractivity contribution is -0.893. The number of quaternary nitrogens is 2. The van der Waals surface area contributed by atoms with Crippen molar-refractivity contribution < 1.29 is 38.2 Å². The molecule has 0 aliphatic carbocycles. The lowest BCUT2D eigenvalue weighted by Gasteiger charge is -2.31. The second-order valence-corrected chi connectivity index (χ2v) is 15.9. The Morgan fingerprint density at radius 2 is 0.729 bits per heavy atom. The predicted molar refractivity (Wildman–Crippen MR) is 200 cm³/mol. The van der Waals surface area contributed by atoms with Gasteiger partial charge in [-0.25, -0.2) is 0 Å². The van der Waals surface area contributed by atoms with E-state index in [1.807, 2.05) is 0 Å². The Morgan fingerprint density at radius 3 is 1.02 bits per heavy atom. The van der Waals surface area contributed by atoms with Crippen molar-refractivity contribution in [2.24, 2.45) is 0 Å². The molecule has 48 heavy (non-hydrogen) atoms. The van der Waals surface area contributed by atoms with Gasteiger partial charge in [0.2, 0.25) is 0 Å². The van der Waals surface area contributed by atoms with Gasteiger partial charge in [-0.15, -0.1) is 0 Å². The zero-order valence-electron chi connectivity index (χ0n) is 32.8. The first-order chi connectivity index (χ1) is 22.9. The minimum absolute atomic E-state index is 0.00647. The van der Waals surface area contributed by atoms with Crippen molar-refractivity contribution in [1.82, 2.24) is 0 Å². The van der Waals surface area contributed by atoms with Crippen LogP contribution in [0.25, 0.3) is 0 Å². The maximum absolute atomic E-state index is 12.2. The van der Waals surface area contributed by atoms with E-state index >= 15 is 0 Å². The molecule has 0 aliphatic rings. The van der Waals surface area contributed by atoms with E-state index in [2.05, 4.69) is 42.0 Å². The first kappa shape index (κ1) is 46.8. The number of rotatable bonds is 35. The van der Waals surface area contributed by atoms with Crippen LogP contribution < -0.4 is 0 Å². The maximum atomic E-state index is 12.2. The zero-order valence-corrected chi connectivity index (χ0v) is 32.8. The number of nitrogens with zero attached hydrogens (tertiary/aromatic N) is 2. The van der Waals surface area contributed by atoms with E-state index in [-0.39, 0.29) is 38.0 Å². The molecule has 0 bridgehead atoms. The van der Waals surface area contributed by atoms with E-state index in [9.17, 15) is 19.8 Å². The van der Waals surface area contributed by atoms with Crippen LogP contribution in [0.2, 0.25) is 0 Å². The molecule has 0 fully saturated rings. The van der Waals surface area contributed by atoms with Crippen molar-refractivity contribution in [2.75, 3.05) is 67.6 Å². The number of hydrogen-bond acceptors (Lipinski definition) is 6. The normalized spacial score (nSPS) is 13.4. The summed E-state index contributed by atoms with van der Waals surface area (Å²) in [6.07, 6.45) is 26.3. The molecule has 0 amide bonds. The topological polar surface area (TPSA) is 93.1 Å². The third-order valence-electron chi connectivity index (χ3n) is 9.53. The average molecular weight is 687 g/mol. The lowest BCUT2D eigenvalue weighted by atomic mass is 10.1. The molecule has 0 aromatic carbocycles. The molecule has 0 aliphatic heterocycles. The number of carbonyl (C=O) groups is 2. The van der Waals surface area contributed by atoms with Crippen LogP contribution >= 0.6 is 0 Å². The molecule has 2 unspecified atom stereocenters. The Kier molecular flexibility index (Phi) is 29.8. The minimum Gasteiger partial charge on any atom is -0.463 e. The van der Waals surface area contributed by atoms with Crippen molar-refractivity contribution in [1.29, 1.82) is 0 Å². The number of esters is 2. The van der Waals surface area contributed by atoms with Crippen LogP contribution in [-0.4, -0.2) is 111 Å². The summed E-state index contributed by atoms with van der Waals surface area (Å²) >= 11 is 0. The molecular formula is C40H82N2O6+2. The summed E-state index contributed by atoms with van der Waals surface area (Å²) in [5, 5.41) is 20.9. The van der Waals surface area contributed by atoms with Crippen LogP contribution in [0.3, 0.4) is 0 Å². The molecule has 0 spiro atoms. The van der Waals surface area contributed by atoms with Crippen LogP contribution in [0.4, 0.5) is 0 Å². The van der Waals surface area contributed by atoms with Gasteiger partial charge in [-0.1, -0.05) is 117 Å². The largest absolute Gasteiger partial charge is 0.463 e. The summed E-state index contributed by atoms with van der Waals surface area (Å²) in [7, 11) is 8.48. The monoisotopic (exact) mass is 687 g/mol.